The van der Waals surface area contributed by atoms with Crippen LogP contribution < -0.4 is 0 Å². The zero-order chi connectivity index (χ0) is 8.39. The SMILES string of the molecule is ClCC1C/C1=C\c1ccccc1. The van der Waals surface area contributed by atoms with Crippen molar-refractivity contribution >= 4 is 17.7 Å². The highest BCUT2D eigenvalue weighted by atomic mass is 35.5. The molecular formula is C11H11Cl. The van der Waals surface area contributed by atoms with E-state index in [1.54, 1.807) is 0 Å². The Morgan fingerprint density at radius 1 is 1.33 bits per heavy atom. The highest BCUT2D eigenvalue weighted by molar-refractivity contribution is 6.18. The third kappa shape index (κ3) is 1.70. The molecule has 0 heterocycles. The zero-order valence-electron chi connectivity index (χ0n) is 6.83. The van der Waals surface area contributed by atoms with Gasteiger partial charge in [-0.15, -0.1) is 11.6 Å². The fourth-order valence-electron chi connectivity index (χ4n) is 1.32. The molecule has 12 heavy (non-hydrogen) atoms. The molecule has 0 amide bonds. The molecule has 1 aliphatic carbocycles. The van der Waals surface area contributed by atoms with E-state index in [2.05, 4.69) is 30.3 Å². The summed E-state index contributed by atoms with van der Waals surface area (Å²) in [6.07, 6.45) is 3.44. The number of benzene rings is 1. The highest BCUT2D eigenvalue weighted by Crippen LogP contribution is 2.39. The molecule has 0 aliphatic heterocycles. The monoisotopic (exact) mass is 178 g/mol. The molecule has 1 aromatic carbocycles. The van der Waals surface area contributed by atoms with Gasteiger partial charge in [0.15, 0.2) is 0 Å². The molecule has 62 valence electrons. The molecule has 0 nitrogen and oxygen atoms in total. The molecule has 1 heteroatoms. The van der Waals surface area contributed by atoms with E-state index < -0.39 is 0 Å². The van der Waals surface area contributed by atoms with Crippen LogP contribution >= 0.6 is 11.6 Å². The second-order valence-electron chi connectivity index (χ2n) is 3.19. The van der Waals surface area contributed by atoms with Gasteiger partial charge in [-0.3, -0.25) is 0 Å². The Balaban J connectivity index is 2.10. The molecule has 1 saturated carbocycles. The normalized spacial score (nSPS) is 24.4. The molecule has 0 radical (unpaired) electrons. The summed E-state index contributed by atoms with van der Waals surface area (Å²) in [5, 5.41) is 0. The van der Waals surface area contributed by atoms with Crippen LogP contribution in [0.4, 0.5) is 0 Å². The van der Waals surface area contributed by atoms with Crippen LogP contribution in [0.5, 0.6) is 0 Å². The van der Waals surface area contributed by atoms with Crippen molar-refractivity contribution in [1.29, 1.82) is 0 Å². The number of allylic oxidation sites excluding steroid dienone is 1. The Labute approximate surface area is 77.9 Å². The first-order valence-electron chi connectivity index (χ1n) is 4.21. The van der Waals surface area contributed by atoms with Gasteiger partial charge in [-0.1, -0.05) is 42.0 Å². The molecule has 1 aliphatic rings. The molecule has 0 bridgehead atoms. The van der Waals surface area contributed by atoms with Crippen molar-refractivity contribution in [3.8, 4) is 0 Å². The smallest absolute Gasteiger partial charge is 0.0292 e. The molecule has 0 aromatic heterocycles. The molecule has 1 aromatic rings. The van der Waals surface area contributed by atoms with E-state index in [0.29, 0.717) is 5.92 Å². The van der Waals surface area contributed by atoms with Gasteiger partial charge in [0.25, 0.3) is 0 Å². The van der Waals surface area contributed by atoms with Gasteiger partial charge in [-0.05, 0) is 17.9 Å². The van der Waals surface area contributed by atoms with Gasteiger partial charge >= 0.3 is 0 Å². The van der Waals surface area contributed by atoms with Crippen molar-refractivity contribution in [1.82, 2.24) is 0 Å². The van der Waals surface area contributed by atoms with Gasteiger partial charge in [-0.2, -0.15) is 0 Å². The lowest BCUT2D eigenvalue weighted by molar-refractivity contribution is 1.03. The third-order valence-corrected chi connectivity index (χ3v) is 2.56. The van der Waals surface area contributed by atoms with Crippen molar-refractivity contribution in [2.75, 3.05) is 5.88 Å². The fraction of sp³-hybridized carbons (Fsp3) is 0.273. The maximum absolute atomic E-state index is 5.72. The van der Waals surface area contributed by atoms with Gasteiger partial charge in [-0.25, -0.2) is 0 Å². The average Bonchev–Trinajstić information content (AvgIpc) is 2.85. The van der Waals surface area contributed by atoms with Gasteiger partial charge in [0.05, 0.1) is 0 Å². The number of rotatable bonds is 2. The Bertz CT molecular complexity index is 287. The lowest BCUT2D eigenvalue weighted by Crippen LogP contribution is -1.73. The summed E-state index contributed by atoms with van der Waals surface area (Å²) >= 11 is 5.72. The second kappa shape index (κ2) is 3.32. The summed E-state index contributed by atoms with van der Waals surface area (Å²) in [5.41, 5.74) is 2.79. The Morgan fingerprint density at radius 2 is 2.08 bits per heavy atom. The molecule has 1 atom stereocenters. The first kappa shape index (κ1) is 7.88. The Hall–Kier alpha value is -0.750. The zero-order valence-corrected chi connectivity index (χ0v) is 7.59. The first-order chi connectivity index (χ1) is 5.90. The number of hydrogen-bond donors (Lipinski definition) is 0. The molecule has 0 spiro atoms. The van der Waals surface area contributed by atoms with Crippen LogP contribution in [0.2, 0.25) is 0 Å². The molecule has 2 rings (SSSR count). The molecule has 0 N–H and O–H groups in total. The molecular weight excluding hydrogens is 168 g/mol. The van der Waals surface area contributed by atoms with Crippen LogP contribution in [0, 0.1) is 5.92 Å². The predicted octanol–water partition coefficient (Wildman–Crippen LogP) is 3.33. The summed E-state index contributed by atoms with van der Waals surface area (Å²) in [6, 6.07) is 10.4. The van der Waals surface area contributed by atoms with E-state index in [9.17, 15) is 0 Å². The summed E-state index contributed by atoms with van der Waals surface area (Å²) in [7, 11) is 0. The van der Waals surface area contributed by atoms with E-state index in [1.165, 1.54) is 17.6 Å². The van der Waals surface area contributed by atoms with Crippen LogP contribution in [0.15, 0.2) is 35.9 Å². The maximum Gasteiger partial charge on any atom is 0.0292 e. The second-order valence-corrected chi connectivity index (χ2v) is 3.49. The minimum Gasteiger partial charge on any atom is -0.126 e. The van der Waals surface area contributed by atoms with Crippen molar-refractivity contribution in [3.05, 3.63) is 41.5 Å². The van der Waals surface area contributed by atoms with Gasteiger partial charge in [0.2, 0.25) is 0 Å². The van der Waals surface area contributed by atoms with Crippen LogP contribution in [0.3, 0.4) is 0 Å². The lowest BCUT2D eigenvalue weighted by Gasteiger charge is -1.89. The molecule has 0 saturated heterocycles. The number of hydrogen-bond acceptors (Lipinski definition) is 0. The standard InChI is InChI=1S/C11H11Cl/c12-8-11-7-10(11)6-9-4-2-1-3-5-9/h1-6,11H,7-8H2/b10-6+. The fourth-order valence-corrected chi connectivity index (χ4v) is 1.63. The minimum atomic E-state index is 0.659. The van der Waals surface area contributed by atoms with Crippen LogP contribution in [0.1, 0.15) is 12.0 Å². The summed E-state index contributed by atoms with van der Waals surface area (Å²) in [5.74, 6) is 1.44. The van der Waals surface area contributed by atoms with Crippen LogP contribution in [0.25, 0.3) is 6.08 Å². The maximum atomic E-state index is 5.72. The molecule has 1 fully saturated rings. The number of alkyl halides is 1. The minimum absolute atomic E-state index is 0.659. The van der Waals surface area contributed by atoms with E-state index in [-0.39, 0.29) is 0 Å². The highest BCUT2D eigenvalue weighted by Gasteiger charge is 2.27. The number of halogens is 1. The van der Waals surface area contributed by atoms with Crippen molar-refractivity contribution in [3.63, 3.8) is 0 Å². The van der Waals surface area contributed by atoms with Gasteiger partial charge < -0.3 is 0 Å². The average molecular weight is 179 g/mol. The van der Waals surface area contributed by atoms with E-state index in [1.807, 2.05) is 6.07 Å². The van der Waals surface area contributed by atoms with Crippen molar-refractivity contribution in [2.24, 2.45) is 5.92 Å². The predicted molar refractivity (Wildman–Crippen MR) is 53.2 cm³/mol. The van der Waals surface area contributed by atoms with E-state index in [4.69, 9.17) is 11.6 Å². The van der Waals surface area contributed by atoms with Crippen molar-refractivity contribution < 1.29 is 0 Å². The van der Waals surface area contributed by atoms with Gasteiger partial charge in [0, 0.05) is 5.88 Å². The van der Waals surface area contributed by atoms with Gasteiger partial charge in [0.1, 0.15) is 0 Å². The lowest BCUT2D eigenvalue weighted by atomic mass is 10.2. The largest absolute Gasteiger partial charge is 0.126 e. The van der Waals surface area contributed by atoms with E-state index >= 15 is 0 Å². The summed E-state index contributed by atoms with van der Waals surface area (Å²) in [4.78, 5) is 0. The Kier molecular flexibility index (Phi) is 2.18. The summed E-state index contributed by atoms with van der Waals surface area (Å²) < 4.78 is 0. The first-order valence-corrected chi connectivity index (χ1v) is 4.75. The summed E-state index contributed by atoms with van der Waals surface area (Å²) in [6.45, 7) is 0. The van der Waals surface area contributed by atoms with Crippen LogP contribution in [-0.2, 0) is 0 Å². The molecule has 1 unspecified atom stereocenters. The van der Waals surface area contributed by atoms with Crippen molar-refractivity contribution in [2.45, 2.75) is 6.42 Å². The van der Waals surface area contributed by atoms with E-state index in [0.717, 1.165) is 5.88 Å². The Morgan fingerprint density at radius 3 is 2.67 bits per heavy atom. The van der Waals surface area contributed by atoms with Crippen LogP contribution in [-0.4, -0.2) is 5.88 Å². The topological polar surface area (TPSA) is 0 Å². The quantitative estimate of drug-likeness (QED) is 0.610. The third-order valence-electron chi connectivity index (χ3n) is 2.18.